The Bertz CT molecular complexity index is 1840. The minimum Gasteiger partial charge on any atom is -0.341 e. The van der Waals surface area contributed by atoms with Gasteiger partial charge in [-0.05, 0) is 66.7 Å². The van der Waals surface area contributed by atoms with Crippen molar-refractivity contribution in [3.8, 4) is 11.3 Å². The minimum absolute atomic E-state index is 0.353. The summed E-state index contributed by atoms with van der Waals surface area (Å²) in [5, 5.41) is 11.5. The molecule has 5 heterocycles. The molecule has 2 aliphatic heterocycles. The highest BCUT2D eigenvalue weighted by Gasteiger charge is 2.26. The zero-order valence-electron chi connectivity index (χ0n) is 22.7. The second-order valence-corrected chi connectivity index (χ2v) is 12.4. The molecule has 2 amide bonds. The summed E-state index contributed by atoms with van der Waals surface area (Å²) in [7, 11) is 0. The summed E-state index contributed by atoms with van der Waals surface area (Å²) < 4.78 is 1.28. The highest BCUT2D eigenvalue weighted by Crippen LogP contribution is 2.35. The molecule has 7 rings (SSSR count). The van der Waals surface area contributed by atoms with Gasteiger partial charge in [0, 0.05) is 52.2 Å². The van der Waals surface area contributed by atoms with Crippen LogP contribution in [0.25, 0.3) is 38.2 Å². The molecule has 0 saturated carbocycles. The Morgan fingerprint density at radius 2 is 1.81 bits per heavy atom. The molecular weight excluding hydrogens is 565 g/mol. The molecule has 2 aromatic carbocycles. The fourth-order valence-corrected chi connectivity index (χ4v) is 7.22. The first-order valence-electron chi connectivity index (χ1n) is 14.0. The van der Waals surface area contributed by atoms with Gasteiger partial charge in [-0.1, -0.05) is 42.5 Å². The van der Waals surface area contributed by atoms with Gasteiger partial charge in [-0.2, -0.15) is 0 Å². The van der Waals surface area contributed by atoms with Crippen LogP contribution in [-0.2, 0) is 11.3 Å². The summed E-state index contributed by atoms with van der Waals surface area (Å²) in [6.07, 6.45) is 5.40. The van der Waals surface area contributed by atoms with Gasteiger partial charge in [0.2, 0.25) is 5.95 Å². The summed E-state index contributed by atoms with van der Waals surface area (Å²) in [5.74, 6) is 0.818. The number of benzene rings is 2. The lowest BCUT2D eigenvalue weighted by atomic mass is 9.97. The maximum atomic E-state index is 11.9. The second kappa shape index (κ2) is 11.6. The predicted molar refractivity (Wildman–Crippen MR) is 170 cm³/mol. The number of pyridine rings is 1. The Balaban J connectivity index is 0.997. The van der Waals surface area contributed by atoms with E-state index in [0.29, 0.717) is 29.0 Å². The van der Waals surface area contributed by atoms with Gasteiger partial charge in [0.1, 0.15) is 0 Å². The predicted octanol–water partition coefficient (Wildman–Crippen LogP) is 6.24. The van der Waals surface area contributed by atoms with E-state index in [1.54, 1.807) is 29.7 Å². The average molecular weight is 593 g/mol. The number of piperidine rings is 1. The molecule has 2 fully saturated rings. The standard InChI is InChI=1S/C32H28N6O2S2/c39-30-29(42-32(40)37-30)16-22-9-12-34-31(35-22)38-13-10-20(11-14-38)17-33-18-27-23-6-2-1-5-21(23)15-26(36-27)25-19-41-28-8-4-3-7-24(25)28/h1-9,12,15-16,19-20,33H,10-11,13-14,17-18H2,(H,37,39,40)/b29-16-. The first-order valence-corrected chi connectivity index (χ1v) is 15.7. The molecule has 5 aromatic rings. The van der Waals surface area contributed by atoms with Gasteiger partial charge >= 0.3 is 0 Å². The lowest BCUT2D eigenvalue weighted by molar-refractivity contribution is -0.115. The third-order valence-electron chi connectivity index (χ3n) is 7.78. The summed E-state index contributed by atoms with van der Waals surface area (Å²) in [6.45, 7) is 3.36. The van der Waals surface area contributed by atoms with Crippen molar-refractivity contribution in [2.75, 3.05) is 24.5 Å². The van der Waals surface area contributed by atoms with Crippen molar-refractivity contribution in [2.45, 2.75) is 19.4 Å². The van der Waals surface area contributed by atoms with Crippen molar-refractivity contribution >= 4 is 67.1 Å². The SMILES string of the molecule is O=C1NC(=O)/C(=C/c2ccnc(N3CCC(CNCc4nc(-c5csc6ccccc56)cc5ccccc45)CC3)n2)S1. The highest BCUT2D eigenvalue weighted by atomic mass is 32.2. The van der Waals surface area contributed by atoms with E-state index < -0.39 is 0 Å². The number of hydrogen-bond acceptors (Lipinski definition) is 9. The van der Waals surface area contributed by atoms with Crippen LogP contribution in [0.1, 0.15) is 24.2 Å². The molecule has 0 aliphatic carbocycles. The largest absolute Gasteiger partial charge is 0.341 e. The lowest BCUT2D eigenvalue weighted by Crippen LogP contribution is -2.38. The smallest absolute Gasteiger partial charge is 0.290 e. The van der Waals surface area contributed by atoms with Crippen molar-refractivity contribution in [1.29, 1.82) is 0 Å². The fourth-order valence-electron chi connectivity index (χ4n) is 5.60. The Morgan fingerprint density at radius 3 is 2.64 bits per heavy atom. The van der Waals surface area contributed by atoms with Gasteiger partial charge in [0.25, 0.3) is 11.1 Å². The molecule has 8 nitrogen and oxygen atoms in total. The molecule has 210 valence electrons. The van der Waals surface area contributed by atoms with E-state index >= 15 is 0 Å². The van der Waals surface area contributed by atoms with E-state index in [0.717, 1.165) is 55.6 Å². The van der Waals surface area contributed by atoms with Gasteiger partial charge in [-0.25, -0.2) is 9.97 Å². The van der Waals surface area contributed by atoms with E-state index in [4.69, 9.17) is 4.98 Å². The lowest BCUT2D eigenvalue weighted by Gasteiger charge is -2.32. The Kier molecular flexibility index (Phi) is 7.41. The molecule has 3 aromatic heterocycles. The molecule has 2 N–H and O–H groups in total. The van der Waals surface area contributed by atoms with E-state index in [-0.39, 0.29) is 11.1 Å². The normalized spacial score (nSPS) is 17.0. The van der Waals surface area contributed by atoms with Crippen LogP contribution < -0.4 is 15.5 Å². The van der Waals surface area contributed by atoms with Gasteiger partial charge in [0.15, 0.2) is 0 Å². The van der Waals surface area contributed by atoms with Gasteiger partial charge in [-0.15, -0.1) is 11.3 Å². The van der Waals surface area contributed by atoms with Crippen molar-refractivity contribution in [2.24, 2.45) is 5.92 Å². The highest BCUT2D eigenvalue weighted by molar-refractivity contribution is 8.18. The average Bonchev–Trinajstić information content (AvgIpc) is 3.59. The summed E-state index contributed by atoms with van der Waals surface area (Å²) in [5.41, 5.74) is 3.91. The van der Waals surface area contributed by atoms with Crippen LogP contribution in [-0.4, -0.2) is 45.7 Å². The number of thioether (sulfide) groups is 1. The van der Waals surface area contributed by atoms with E-state index in [2.05, 4.69) is 85.5 Å². The molecule has 2 saturated heterocycles. The molecule has 42 heavy (non-hydrogen) atoms. The second-order valence-electron chi connectivity index (χ2n) is 10.5. The number of hydrogen-bond donors (Lipinski definition) is 2. The van der Waals surface area contributed by atoms with Gasteiger partial charge in [0.05, 0.1) is 22.0 Å². The third-order valence-corrected chi connectivity index (χ3v) is 9.56. The van der Waals surface area contributed by atoms with Crippen molar-refractivity contribution in [1.82, 2.24) is 25.6 Å². The first kappa shape index (κ1) is 26.8. The first-order chi connectivity index (χ1) is 20.6. The number of imide groups is 1. The van der Waals surface area contributed by atoms with Gasteiger partial charge in [-0.3, -0.25) is 19.9 Å². The number of carbonyl (C=O) groups is 2. The number of fused-ring (bicyclic) bond motifs is 2. The van der Waals surface area contributed by atoms with Crippen LogP contribution in [0, 0.1) is 5.92 Å². The Morgan fingerprint density at radius 1 is 1.00 bits per heavy atom. The molecule has 2 aliphatic rings. The Hall–Kier alpha value is -4.12. The van der Waals surface area contributed by atoms with Crippen molar-refractivity contribution in [3.05, 3.63) is 88.5 Å². The summed E-state index contributed by atoms with van der Waals surface area (Å²) in [4.78, 5) is 40.1. The number of rotatable bonds is 7. The number of nitrogens with zero attached hydrogens (tertiary/aromatic N) is 4. The van der Waals surface area contributed by atoms with Crippen molar-refractivity contribution < 1.29 is 9.59 Å². The van der Waals surface area contributed by atoms with Gasteiger partial charge < -0.3 is 10.2 Å². The molecule has 0 bridgehead atoms. The van der Waals surface area contributed by atoms with E-state index in [9.17, 15) is 9.59 Å². The molecule has 0 unspecified atom stereocenters. The molecule has 10 heteroatoms. The monoisotopic (exact) mass is 592 g/mol. The zero-order chi connectivity index (χ0) is 28.5. The number of anilines is 1. The quantitative estimate of drug-likeness (QED) is 0.214. The maximum absolute atomic E-state index is 11.9. The molecule has 0 spiro atoms. The molecule has 0 atom stereocenters. The number of carbonyl (C=O) groups excluding carboxylic acids is 2. The van der Waals surface area contributed by atoms with E-state index in [1.807, 2.05) is 0 Å². The van der Waals surface area contributed by atoms with Crippen LogP contribution in [0.4, 0.5) is 10.7 Å². The summed E-state index contributed by atoms with van der Waals surface area (Å²) >= 11 is 2.66. The minimum atomic E-state index is -0.381. The fraction of sp³-hybridized carbons (Fsp3) is 0.219. The zero-order valence-corrected chi connectivity index (χ0v) is 24.4. The maximum Gasteiger partial charge on any atom is 0.290 e. The summed E-state index contributed by atoms with van der Waals surface area (Å²) in [6, 6.07) is 21.0. The number of thiophene rings is 1. The van der Waals surface area contributed by atoms with E-state index in [1.165, 1.54) is 26.4 Å². The van der Waals surface area contributed by atoms with Crippen LogP contribution in [0.15, 0.2) is 77.1 Å². The van der Waals surface area contributed by atoms with Crippen LogP contribution >= 0.6 is 23.1 Å². The number of nitrogens with one attached hydrogen (secondary N) is 2. The topological polar surface area (TPSA) is 100 Å². The number of amides is 2. The molecule has 0 radical (unpaired) electrons. The third kappa shape index (κ3) is 5.53. The molecular formula is C32H28N6O2S2. The van der Waals surface area contributed by atoms with Crippen molar-refractivity contribution in [3.63, 3.8) is 0 Å². The van der Waals surface area contributed by atoms with Crippen LogP contribution in [0.5, 0.6) is 0 Å². The Labute approximate surface area is 251 Å². The van der Waals surface area contributed by atoms with Crippen LogP contribution in [0.2, 0.25) is 0 Å². The number of aromatic nitrogens is 3. The van der Waals surface area contributed by atoms with Crippen LogP contribution in [0.3, 0.4) is 0 Å².